The fourth-order valence-corrected chi connectivity index (χ4v) is 1.30. The lowest BCUT2D eigenvalue weighted by atomic mass is 10.1. The minimum Gasteiger partial charge on any atom is -0.480 e. The molecule has 9 heteroatoms. The zero-order chi connectivity index (χ0) is 15.1. The minimum absolute atomic E-state index is 0.0187. The number of nitrogens with zero attached hydrogens (tertiary/aromatic N) is 2. The highest BCUT2D eigenvalue weighted by Gasteiger charge is 2.11. The van der Waals surface area contributed by atoms with Crippen LogP contribution in [0, 0.1) is 21.4 Å². The van der Waals surface area contributed by atoms with Crippen LogP contribution in [0.4, 0.5) is 11.4 Å². The van der Waals surface area contributed by atoms with Crippen LogP contribution < -0.4 is 10.6 Å². The number of benzene rings is 1. The van der Waals surface area contributed by atoms with Gasteiger partial charge in [0.05, 0.1) is 22.7 Å². The summed E-state index contributed by atoms with van der Waals surface area (Å²) in [5.41, 5.74) is 0.0382. The topological polar surface area (TPSA) is 145 Å². The third kappa shape index (κ3) is 4.26. The second-order valence-corrected chi connectivity index (χ2v) is 3.62. The molecule has 0 radical (unpaired) electrons. The molecular weight excluding hydrogens is 268 g/mol. The van der Waals surface area contributed by atoms with Gasteiger partial charge in [0, 0.05) is 12.1 Å². The molecule has 0 bridgehead atoms. The molecule has 0 aliphatic carbocycles. The van der Waals surface area contributed by atoms with Crippen molar-refractivity contribution >= 4 is 23.3 Å². The van der Waals surface area contributed by atoms with Gasteiger partial charge in [-0.05, 0) is 6.07 Å². The summed E-state index contributed by atoms with van der Waals surface area (Å²) in [5.74, 6) is -1.75. The number of nitro groups is 1. The monoisotopic (exact) mass is 278 g/mol. The van der Waals surface area contributed by atoms with Gasteiger partial charge >= 0.3 is 5.97 Å². The van der Waals surface area contributed by atoms with Crippen molar-refractivity contribution in [1.29, 1.82) is 5.26 Å². The van der Waals surface area contributed by atoms with Crippen molar-refractivity contribution in [3.8, 4) is 6.07 Å². The highest BCUT2D eigenvalue weighted by molar-refractivity contribution is 5.84. The predicted octanol–water partition coefficient (Wildman–Crippen LogP) is 0.0792. The maximum atomic E-state index is 11.3. The van der Waals surface area contributed by atoms with Crippen molar-refractivity contribution in [2.24, 2.45) is 0 Å². The average molecular weight is 278 g/mol. The third-order valence-electron chi connectivity index (χ3n) is 2.21. The maximum absolute atomic E-state index is 11.3. The van der Waals surface area contributed by atoms with Crippen molar-refractivity contribution in [2.45, 2.75) is 0 Å². The summed E-state index contributed by atoms with van der Waals surface area (Å²) in [4.78, 5) is 31.4. The second-order valence-electron chi connectivity index (χ2n) is 3.62. The molecule has 1 aromatic rings. The number of carboxylic acids is 1. The number of hydrogen-bond donors (Lipinski definition) is 3. The number of amides is 1. The Morgan fingerprint density at radius 2 is 2.10 bits per heavy atom. The lowest BCUT2D eigenvalue weighted by Crippen LogP contribution is -2.33. The van der Waals surface area contributed by atoms with Gasteiger partial charge in [0.15, 0.2) is 0 Å². The van der Waals surface area contributed by atoms with Gasteiger partial charge in [-0.1, -0.05) is 0 Å². The molecule has 1 rings (SSSR count). The number of anilines is 1. The number of carboxylic acid groups (broad SMARTS) is 1. The van der Waals surface area contributed by atoms with Gasteiger partial charge < -0.3 is 15.7 Å². The summed E-state index contributed by atoms with van der Waals surface area (Å²) in [5, 5.41) is 32.5. The molecule has 3 N–H and O–H groups in total. The maximum Gasteiger partial charge on any atom is 0.322 e. The number of carbonyl (C=O) groups is 2. The Hall–Kier alpha value is -3.15. The summed E-state index contributed by atoms with van der Waals surface area (Å²) < 4.78 is 0. The van der Waals surface area contributed by atoms with Crippen molar-refractivity contribution in [1.82, 2.24) is 5.32 Å². The minimum atomic E-state index is -1.17. The van der Waals surface area contributed by atoms with Crippen molar-refractivity contribution in [3.63, 3.8) is 0 Å². The highest BCUT2D eigenvalue weighted by atomic mass is 16.6. The number of carbonyl (C=O) groups excluding carboxylic acids is 1. The SMILES string of the molecule is N#Cc1cc([N+](=O)[O-])ccc1NCC(=O)NCC(=O)O. The first kappa shape index (κ1) is 14.9. The number of aliphatic carboxylic acids is 1. The number of hydrogen-bond acceptors (Lipinski definition) is 6. The Morgan fingerprint density at radius 1 is 1.40 bits per heavy atom. The molecule has 0 saturated heterocycles. The number of nitro benzene ring substituents is 1. The van der Waals surface area contributed by atoms with Crippen LogP contribution in [0.15, 0.2) is 18.2 Å². The normalized spacial score (nSPS) is 9.35. The van der Waals surface area contributed by atoms with Gasteiger partial charge in [0.25, 0.3) is 5.69 Å². The number of nitrogens with one attached hydrogen (secondary N) is 2. The quantitative estimate of drug-likeness (QED) is 0.493. The summed E-state index contributed by atoms with van der Waals surface area (Å²) in [7, 11) is 0. The summed E-state index contributed by atoms with van der Waals surface area (Å²) in [6.45, 7) is -0.758. The molecule has 0 heterocycles. The average Bonchev–Trinajstić information content (AvgIpc) is 2.42. The van der Waals surface area contributed by atoms with E-state index in [1.807, 2.05) is 0 Å². The molecule has 0 aliphatic heterocycles. The molecule has 0 aromatic heterocycles. The molecule has 9 nitrogen and oxygen atoms in total. The zero-order valence-electron chi connectivity index (χ0n) is 10.1. The molecule has 0 atom stereocenters. The van der Waals surface area contributed by atoms with E-state index in [1.54, 1.807) is 6.07 Å². The Morgan fingerprint density at radius 3 is 2.65 bits per heavy atom. The van der Waals surface area contributed by atoms with Crippen LogP contribution in [0.5, 0.6) is 0 Å². The van der Waals surface area contributed by atoms with Crippen LogP contribution in [0.3, 0.4) is 0 Å². The molecule has 1 amide bonds. The van der Waals surface area contributed by atoms with E-state index < -0.39 is 23.3 Å². The van der Waals surface area contributed by atoms with E-state index in [2.05, 4.69) is 10.6 Å². The molecule has 104 valence electrons. The second kappa shape index (κ2) is 6.69. The van der Waals surface area contributed by atoms with Gasteiger partial charge in [0.2, 0.25) is 5.91 Å². The predicted molar refractivity (Wildman–Crippen MR) is 66.9 cm³/mol. The lowest BCUT2D eigenvalue weighted by Gasteiger charge is -2.07. The molecule has 0 aliphatic rings. The van der Waals surface area contributed by atoms with Crippen molar-refractivity contribution < 1.29 is 19.6 Å². The molecule has 20 heavy (non-hydrogen) atoms. The smallest absolute Gasteiger partial charge is 0.322 e. The fourth-order valence-electron chi connectivity index (χ4n) is 1.30. The molecule has 1 aromatic carbocycles. The first-order valence-electron chi connectivity index (χ1n) is 5.35. The molecule has 0 unspecified atom stereocenters. The van der Waals surface area contributed by atoms with Gasteiger partial charge in [-0.3, -0.25) is 19.7 Å². The van der Waals surface area contributed by atoms with Gasteiger partial charge in [-0.2, -0.15) is 5.26 Å². The summed E-state index contributed by atoms with van der Waals surface area (Å²) in [6, 6.07) is 5.35. The first-order chi connectivity index (χ1) is 9.43. The Bertz CT molecular complexity index is 593. The van der Waals surface area contributed by atoms with E-state index in [0.29, 0.717) is 0 Å². The van der Waals surface area contributed by atoms with E-state index in [0.717, 1.165) is 6.07 Å². The van der Waals surface area contributed by atoms with Crippen LogP contribution in [-0.4, -0.2) is 35.0 Å². The van der Waals surface area contributed by atoms with Gasteiger partial charge in [-0.25, -0.2) is 0 Å². The Balaban J connectivity index is 2.69. The van der Waals surface area contributed by atoms with E-state index in [-0.39, 0.29) is 23.5 Å². The van der Waals surface area contributed by atoms with Crippen LogP contribution in [0.1, 0.15) is 5.56 Å². The number of non-ortho nitro benzene ring substituents is 1. The van der Waals surface area contributed by atoms with E-state index in [4.69, 9.17) is 10.4 Å². The van der Waals surface area contributed by atoms with Crippen LogP contribution in [-0.2, 0) is 9.59 Å². The highest BCUT2D eigenvalue weighted by Crippen LogP contribution is 2.20. The van der Waals surface area contributed by atoms with Crippen LogP contribution in [0.25, 0.3) is 0 Å². The third-order valence-corrected chi connectivity index (χ3v) is 2.21. The molecule has 0 fully saturated rings. The zero-order valence-corrected chi connectivity index (χ0v) is 10.1. The van der Waals surface area contributed by atoms with E-state index in [1.165, 1.54) is 12.1 Å². The Kier molecular flexibility index (Phi) is 4.99. The van der Waals surface area contributed by atoms with Crippen molar-refractivity contribution in [2.75, 3.05) is 18.4 Å². The Labute approximate surface area is 113 Å². The van der Waals surface area contributed by atoms with Crippen LogP contribution in [0.2, 0.25) is 0 Å². The van der Waals surface area contributed by atoms with E-state index >= 15 is 0 Å². The molecule has 0 saturated carbocycles. The first-order valence-corrected chi connectivity index (χ1v) is 5.35. The molecular formula is C11H10N4O5. The van der Waals surface area contributed by atoms with E-state index in [9.17, 15) is 19.7 Å². The van der Waals surface area contributed by atoms with Gasteiger partial charge in [0.1, 0.15) is 12.6 Å². The van der Waals surface area contributed by atoms with Gasteiger partial charge in [-0.15, -0.1) is 0 Å². The van der Waals surface area contributed by atoms with Crippen molar-refractivity contribution in [3.05, 3.63) is 33.9 Å². The molecule has 0 spiro atoms. The number of rotatable bonds is 6. The summed E-state index contributed by atoms with van der Waals surface area (Å²) >= 11 is 0. The fraction of sp³-hybridized carbons (Fsp3) is 0.182. The van der Waals surface area contributed by atoms with Crippen LogP contribution >= 0.6 is 0 Å². The lowest BCUT2D eigenvalue weighted by molar-refractivity contribution is -0.384. The number of nitriles is 1. The largest absolute Gasteiger partial charge is 0.480 e. The standard InChI is InChI=1S/C11H10N4O5/c12-4-7-3-8(15(19)20)1-2-9(7)13-5-10(16)14-6-11(17)18/h1-3,13H,5-6H2,(H,14,16)(H,17,18). The summed E-state index contributed by atoms with van der Waals surface area (Å²) in [6.07, 6.45) is 0.